The van der Waals surface area contributed by atoms with E-state index in [9.17, 15) is 9.18 Å². The SMILES string of the molecule is C=C(C(=O)OC)C(F)c1cccc(C)c1. The second kappa shape index (κ2) is 4.73. The number of hydrogen-bond acceptors (Lipinski definition) is 2. The minimum atomic E-state index is -1.50. The Kier molecular flexibility index (Phi) is 3.61. The molecule has 0 spiro atoms. The number of carbonyl (C=O) groups excluding carboxylic acids is 1. The molecule has 0 heterocycles. The highest BCUT2D eigenvalue weighted by atomic mass is 19.1. The Bertz CT molecular complexity index is 385. The van der Waals surface area contributed by atoms with Gasteiger partial charge in [0.05, 0.1) is 12.7 Å². The van der Waals surface area contributed by atoms with E-state index in [0.29, 0.717) is 5.56 Å². The zero-order valence-electron chi connectivity index (χ0n) is 8.79. The topological polar surface area (TPSA) is 26.3 Å². The number of esters is 1. The van der Waals surface area contributed by atoms with Crippen LogP contribution in [0, 0.1) is 6.92 Å². The number of halogens is 1. The first-order valence-corrected chi connectivity index (χ1v) is 4.54. The number of methoxy groups -OCH3 is 1. The van der Waals surface area contributed by atoms with Crippen LogP contribution in [-0.4, -0.2) is 13.1 Å². The fourth-order valence-electron chi connectivity index (χ4n) is 1.26. The predicted octanol–water partition coefficient (Wildman–Crippen LogP) is 2.73. The molecule has 0 saturated heterocycles. The van der Waals surface area contributed by atoms with Crippen LogP contribution in [0.2, 0.25) is 0 Å². The lowest BCUT2D eigenvalue weighted by atomic mass is 10.0. The molecule has 0 bridgehead atoms. The van der Waals surface area contributed by atoms with Crippen LogP contribution >= 0.6 is 0 Å². The molecule has 0 aliphatic rings. The first-order valence-electron chi connectivity index (χ1n) is 4.54. The zero-order chi connectivity index (χ0) is 11.4. The third-order valence-corrected chi connectivity index (χ3v) is 2.09. The zero-order valence-corrected chi connectivity index (χ0v) is 8.79. The average Bonchev–Trinajstić information content (AvgIpc) is 2.26. The van der Waals surface area contributed by atoms with Gasteiger partial charge in [0, 0.05) is 0 Å². The van der Waals surface area contributed by atoms with Crippen LogP contribution < -0.4 is 0 Å². The molecule has 0 aliphatic carbocycles. The van der Waals surface area contributed by atoms with E-state index in [2.05, 4.69) is 11.3 Å². The summed E-state index contributed by atoms with van der Waals surface area (Å²) in [4.78, 5) is 11.0. The summed E-state index contributed by atoms with van der Waals surface area (Å²) in [6.07, 6.45) is -1.50. The van der Waals surface area contributed by atoms with Gasteiger partial charge in [-0.05, 0) is 12.5 Å². The molecule has 2 nitrogen and oxygen atoms in total. The molecule has 0 radical (unpaired) electrons. The van der Waals surface area contributed by atoms with Crippen LogP contribution in [0.1, 0.15) is 17.3 Å². The molecule has 1 rings (SSSR count). The van der Waals surface area contributed by atoms with Crippen LogP contribution in [0.15, 0.2) is 36.4 Å². The van der Waals surface area contributed by atoms with Gasteiger partial charge in [-0.3, -0.25) is 0 Å². The molecule has 0 N–H and O–H groups in total. The molecule has 1 aromatic rings. The lowest BCUT2D eigenvalue weighted by molar-refractivity contribution is -0.136. The monoisotopic (exact) mass is 208 g/mol. The van der Waals surface area contributed by atoms with E-state index in [1.807, 2.05) is 13.0 Å². The Hall–Kier alpha value is -1.64. The van der Waals surface area contributed by atoms with E-state index < -0.39 is 12.1 Å². The molecular formula is C12H13FO2. The smallest absolute Gasteiger partial charge is 0.336 e. The summed E-state index contributed by atoms with van der Waals surface area (Å²) in [5, 5.41) is 0. The van der Waals surface area contributed by atoms with Gasteiger partial charge in [0.1, 0.15) is 0 Å². The number of ether oxygens (including phenoxy) is 1. The lowest BCUT2D eigenvalue weighted by Gasteiger charge is -2.10. The first-order chi connectivity index (χ1) is 7.06. The number of rotatable bonds is 3. The first kappa shape index (κ1) is 11.4. The standard InChI is InChI=1S/C12H13FO2/c1-8-5-4-6-10(7-8)11(13)9(2)12(14)15-3/h4-7,11H,2H2,1,3H3. The van der Waals surface area contributed by atoms with Gasteiger partial charge in [-0.25, -0.2) is 9.18 Å². The number of alkyl halides is 1. The molecule has 1 atom stereocenters. The van der Waals surface area contributed by atoms with Crippen molar-refractivity contribution in [3.8, 4) is 0 Å². The maximum atomic E-state index is 13.7. The maximum absolute atomic E-state index is 13.7. The van der Waals surface area contributed by atoms with Crippen molar-refractivity contribution in [2.45, 2.75) is 13.1 Å². The molecule has 3 heteroatoms. The molecule has 1 unspecified atom stereocenters. The highest BCUT2D eigenvalue weighted by molar-refractivity contribution is 5.89. The molecule has 0 saturated carbocycles. The van der Waals surface area contributed by atoms with Crippen molar-refractivity contribution in [1.29, 1.82) is 0 Å². The van der Waals surface area contributed by atoms with Crippen LogP contribution in [0.4, 0.5) is 4.39 Å². The van der Waals surface area contributed by atoms with Crippen molar-refractivity contribution in [3.05, 3.63) is 47.5 Å². The van der Waals surface area contributed by atoms with Crippen LogP contribution in [-0.2, 0) is 9.53 Å². The van der Waals surface area contributed by atoms with E-state index in [0.717, 1.165) is 5.56 Å². The van der Waals surface area contributed by atoms with E-state index in [1.54, 1.807) is 18.2 Å². The number of hydrogen-bond donors (Lipinski definition) is 0. The van der Waals surface area contributed by atoms with Gasteiger partial charge in [-0.2, -0.15) is 0 Å². The largest absolute Gasteiger partial charge is 0.466 e. The van der Waals surface area contributed by atoms with Crippen molar-refractivity contribution < 1.29 is 13.9 Å². The molecular weight excluding hydrogens is 195 g/mol. The van der Waals surface area contributed by atoms with Crippen molar-refractivity contribution in [3.63, 3.8) is 0 Å². The van der Waals surface area contributed by atoms with E-state index >= 15 is 0 Å². The normalized spacial score (nSPS) is 11.9. The molecule has 80 valence electrons. The number of benzene rings is 1. The summed E-state index contributed by atoms with van der Waals surface area (Å²) >= 11 is 0. The number of carbonyl (C=O) groups is 1. The third-order valence-electron chi connectivity index (χ3n) is 2.09. The summed E-state index contributed by atoms with van der Waals surface area (Å²) in [6.45, 7) is 5.24. The van der Waals surface area contributed by atoms with Crippen LogP contribution in [0.25, 0.3) is 0 Å². The van der Waals surface area contributed by atoms with Gasteiger partial charge < -0.3 is 4.74 Å². The van der Waals surface area contributed by atoms with Crippen LogP contribution in [0.5, 0.6) is 0 Å². The Morgan fingerprint density at radius 2 is 2.20 bits per heavy atom. The molecule has 0 aliphatic heterocycles. The van der Waals surface area contributed by atoms with Crippen LogP contribution in [0.3, 0.4) is 0 Å². The summed E-state index contributed by atoms with van der Waals surface area (Å²) in [5.74, 6) is -0.719. The average molecular weight is 208 g/mol. The van der Waals surface area contributed by atoms with Crippen molar-refractivity contribution in [2.24, 2.45) is 0 Å². The lowest BCUT2D eigenvalue weighted by Crippen LogP contribution is -2.09. The Labute approximate surface area is 88.4 Å². The second-order valence-electron chi connectivity index (χ2n) is 3.29. The van der Waals surface area contributed by atoms with Gasteiger partial charge in [0.2, 0.25) is 0 Å². The highest BCUT2D eigenvalue weighted by Crippen LogP contribution is 2.25. The second-order valence-corrected chi connectivity index (χ2v) is 3.29. The van der Waals surface area contributed by atoms with E-state index in [-0.39, 0.29) is 5.57 Å². The van der Waals surface area contributed by atoms with Crippen molar-refractivity contribution >= 4 is 5.97 Å². The Morgan fingerprint density at radius 1 is 1.53 bits per heavy atom. The number of aryl methyl sites for hydroxylation is 1. The summed E-state index contributed by atoms with van der Waals surface area (Å²) in [5.41, 5.74) is 1.18. The van der Waals surface area contributed by atoms with E-state index in [4.69, 9.17) is 0 Å². The minimum Gasteiger partial charge on any atom is -0.466 e. The fraction of sp³-hybridized carbons (Fsp3) is 0.250. The van der Waals surface area contributed by atoms with Gasteiger partial charge in [-0.15, -0.1) is 0 Å². The van der Waals surface area contributed by atoms with Crippen molar-refractivity contribution in [1.82, 2.24) is 0 Å². The maximum Gasteiger partial charge on any atom is 0.336 e. The summed E-state index contributed by atoms with van der Waals surface area (Å²) in [7, 11) is 1.20. The molecule has 15 heavy (non-hydrogen) atoms. The van der Waals surface area contributed by atoms with Gasteiger partial charge in [-0.1, -0.05) is 36.4 Å². The van der Waals surface area contributed by atoms with Gasteiger partial charge in [0.15, 0.2) is 6.17 Å². The minimum absolute atomic E-state index is 0.178. The molecule has 0 aromatic heterocycles. The Balaban J connectivity index is 2.89. The van der Waals surface area contributed by atoms with Gasteiger partial charge >= 0.3 is 5.97 Å². The highest BCUT2D eigenvalue weighted by Gasteiger charge is 2.20. The molecule has 0 fully saturated rings. The summed E-state index contributed by atoms with van der Waals surface area (Å²) < 4.78 is 18.2. The van der Waals surface area contributed by atoms with Crippen molar-refractivity contribution in [2.75, 3.05) is 7.11 Å². The Morgan fingerprint density at radius 3 is 2.73 bits per heavy atom. The third kappa shape index (κ3) is 2.65. The quantitative estimate of drug-likeness (QED) is 0.564. The fourth-order valence-corrected chi connectivity index (χ4v) is 1.26. The molecule has 0 amide bonds. The van der Waals surface area contributed by atoms with E-state index in [1.165, 1.54) is 7.11 Å². The molecule has 1 aromatic carbocycles. The predicted molar refractivity (Wildman–Crippen MR) is 56.2 cm³/mol. The van der Waals surface area contributed by atoms with Gasteiger partial charge in [0.25, 0.3) is 0 Å². The summed E-state index contributed by atoms with van der Waals surface area (Å²) in [6, 6.07) is 6.89.